The summed E-state index contributed by atoms with van der Waals surface area (Å²) in [4.78, 5) is 1.20. The Morgan fingerprint density at radius 1 is 1.60 bits per heavy atom. The highest BCUT2D eigenvalue weighted by molar-refractivity contribution is 7.85. The minimum Gasteiger partial charge on any atom is -0.305 e. The highest BCUT2D eigenvalue weighted by Gasteiger charge is 2.26. The Morgan fingerprint density at radius 3 is 3.00 bits per heavy atom. The van der Waals surface area contributed by atoms with Crippen LogP contribution in [-0.2, 0) is 10.8 Å². The van der Waals surface area contributed by atoms with E-state index in [2.05, 4.69) is 12.2 Å². The largest absolute Gasteiger partial charge is 0.305 e. The number of hydrogen-bond acceptors (Lipinski definition) is 3. The Balaban J connectivity index is 2.12. The van der Waals surface area contributed by atoms with E-state index >= 15 is 0 Å². The van der Waals surface area contributed by atoms with Gasteiger partial charge in [0.05, 0.1) is 10.4 Å². The van der Waals surface area contributed by atoms with Crippen molar-refractivity contribution in [3.05, 3.63) is 21.3 Å². The van der Waals surface area contributed by atoms with Gasteiger partial charge >= 0.3 is 0 Å². The number of rotatable bonds is 2. The molecule has 84 valence electrons. The smallest absolute Gasteiger partial charge is 0.0931 e. The normalized spacial score (nSPS) is 31.7. The monoisotopic (exact) mass is 263 g/mol. The molecule has 1 N–H and O–H groups in total. The average Bonchev–Trinajstić information content (AvgIpc) is 2.64. The first-order valence-corrected chi connectivity index (χ1v) is 7.73. The van der Waals surface area contributed by atoms with Gasteiger partial charge in [0.25, 0.3) is 0 Å². The molecule has 3 atom stereocenters. The molecule has 2 rings (SSSR count). The SMILES string of the molecule is CCC1CS(=O)CC(c2ccc(Cl)s2)N1. The van der Waals surface area contributed by atoms with E-state index in [0.717, 1.165) is 16.5 Å². The van der Waals surface area contributed by atoms with Gasteiger partial charge in [0, 0.05) is 33.2 Å². The molecule has 15 heavy (non-hydrogen) atoms. The Bertz CT molecular complexity index is 366. The van der Waals surface area contributed by atoms with Crippen molar-refractivity contribution in [2.24, 2.45) is 0 Å². The van der Waals surface area contributed by atoms with Crippen molar-refractivity contribution in [1.82, 2.24) is 5.32 Å². The van der Waals surface area contributed by atoms with Gasteiger partial charge in [-0.15, -0.1) is 11.3 Å². The molecule has 0 saturated carbocycles. The zero-order chi connectivity index (χ0) is 10.8. The van der Waals surface area contributed by atoms with Crippen LogP contribution in [0.5, 0.6) is 0 Å². The zero-order valence-corrected chi connectivity index (χ0v) is 10.9. The predicted molar refractivity (Wildman–Crippen MR) is 67.2 cm³/mol. The third kappa shape index (κ3) is 2.81. The van der Waals surface area contributed by atoms with Crippen LogP contribution in [0.1, 0.15) is 24.3 Å². The van der Waals surface area contributed by atoms with E-state index < -0.39 is 10.8 Å². The summed E-state index contributed by atoms with van der Waals surface area (Å²) in [5.74, 6) is 1.50. The highest BCUT2D eigenvalue weighted by atomic mass is 35.5. The molecule has 5 heteroatoms. The van der Waals surface area contributed by atoms with E-state index in [1.165, 1.54) is 4.88 Å². The van der Waals surface area contributed by atoms with Crippen LogP contribution in [-0.4, -0.2) is 21.8 Å². The fourth-order valence-corrected chi connectivity index (χ4v) is 4.57. The maximum absolute atomic E-state index is 11.7. The van der Waals surface area contributed by atoms with Crippen LogP contribution in [0.2, 0.25) is 4.34 Å². The van der Waals surface area contributed by atoms with Crippen LogP contribution < -0.4 is 5.32 Å². The molecular weight excluding hydrogens is 250 g/mol. The van der Waals surface area contributed by atoms with Gasteiger partial charge in [0.2, 0.25) is 0 Å². The molecule has 0 aliphatic carbocycles. The molecule has 1 aliphatic rings. The van der Waals surface area contributed by atoms with Gasteiger partial charge in [-0.2, -0.15) is 0 Å². The number of hydrogen-bond donors (Lipinski definition) is 1. The summed E-state index contributed by atoms with van der Waals surface area (Å²) in [5.41, 5.74) is 0. The molecule has 0 radical (unpaired) electrons. The van der Waals surface area contributed by atoms with Gasteiger partial charge in [0.15, 0.2) is 0 Å². The van der Waals surface area contributed by atoms with E-state index in [4.69, 9.17) is 11.6 Å². The lowest BCUT2D eigenvalue weighted by molar-refractivity contribution is 0.460. The molecule has 1 aliphatic heterocycles. The summed E-state index contributed by atoms with van der Waals surface area (Å²) in [6, 6.07) is 4.54. The molecule has 2 heterocycles. The first-order chi connectivity index (χ1) is 7.19. The van der Waals surface area contributed by atoms with Gasteiger partial charge in [0.1, 0.15) is 0 Å². The Hall–Kier alpha value is 0.1000. The van der Waals surface area contributed by atoms with Crippen LogP contribution in [0.4, 0.5) is 0 Å². The fraction of sp³-hybridized carbons (Fsp3) is 0.600. The van der Waals surface area contributed by atoms with Gasteiger partial charge in [-0.3, -0.25) is 4.21 Å². The fourth-order valence-electron chi connectivity index (χ4n) is 1.77. The Kier molecular flexibility index (Phi) is 3.83. The number of nitrogens with one attached hydrogen (secondary N) is 1. The quantitative estimate of drug-likeness (QED) is 0.889. The standard InChI is InChI=1S/C10H14ClNOS2/c1-2-7-5-15(13)6-8(12-7)9-3-4-10(11)14-9/h3-4,7-8,12H,2,5-6H2,1H3. The van der Waals surface area contributed by atoms with Crippen LogP contribution in [0.15, 0.2) is 12.1 Å². The van der Waals surface area contributed by atoms with Crippen molar-refractivity contribution in [3.8, 4) is 0 Å². The lowest BCUT2D eigenvalue weighted by atomic mass is 10.2. The van der Waals surface area contributed by atoms with E-state index in [0.29, 0.717) is 11.8 Å². The second-order valence-corrected chi connectivity index (χ2v) is 7.03. The third-order valence-corrected chi connectivity index (χ3v) is 5.43. The zero-order valence-electron chi connectivity index (χ0n) is 8.53. The van der Waals surface area contributed by atoms with Crippen LogP contribution in [0.3, 0.4) is 0 Å². The molecule has 1 aromatic rings. The van der Waals surface area contributed by atoms with Crippen molar-refractivity contribution in [2.45, 2.75) is 25.4 Å². The predicted octanol–water partition coefficient (Wildman–Crippen LogP) is 2.57. The van der Waals surface area contributed by atoms with Crippen molar-refractivity contribution in [2.75, 3.05) is 11.5 Å². The summed E-state index contributed by atoms with van der Waals surface area (Å²) < 4.78 is 12.5. The molecular formula is C10H14ClNOS2. The lowest BCUT2D eigenvalue weighted by Crippen LogP contribution is -2.44. The van der Waals surface area contributed by atoms with Crippen LogP contribution >= 0.6 is 22.9 Å². The molecule has 0 spiro atoms. The van der Waals surface area contributed by atoms with Crippen molar-refractivity contribution < 1.29 is 4.21 Å². The van der Waals surface area contributed by atoms with Crippen LogP contribution in [0.25, 0.3) is 0 Å². The molecule has 0 amide bonds. The summed E-state index contributed by atoms with van der Waals surface area (Å²) in [7, 11) is -0.690. The van der Waals surface area contributed by atoms with E-state index in [1.807, 2.05) is 12.1 Å². The summed E-state index contributed by atoms with van der Waals surface area (Å²) >= 11 is 7.48. The maximum Gasteiger partial charge on any atom is 0.0931 e. The molecule has 0 aromatic carbocycles. The third-order valence-electron chi connectivity index (χ3n) is 2.61. The Morgan fingerprint density at radius 2 is 2.40 bits per heavy atom. The minimum atomic E-state index is -0.690. The maximum atomic E-state index is 11.7. The van der Waals surface area contributed by atoms with Crippen molar-refractivity contribution in [3.63, 3.8) is 0 Å². The first kappa shape index (κ1) is 11.6. The van der Waals surface area contributed by atoms with Crippen molar-refractivity contribution >= 4 is 33.7 Å². The van der Waals surface area contributed by atoms with Gasteiger partial charge in [-0.25, -0.2) is 0 Å². The second kappa shape index (κ2) is 4.95. The lowest BCUT2D eigenvalue weighted by Gasteiger charge is -2.29. The molecule has 1 saturated heterocycles. The van der Waals surface area contributed by atoms with E-state index in [-0.39, 0.29) is 6.04 Å². The topological polar surface area (TPSA) is 29.1 Å². The Labute approximate surface area is 101 Å². The number of halogens is 1. The molecule has 3 unspecified atom stereocenters. The second-order valence-electron chi connectivity index (χ2n) is 3.74. The average molecular weight is 264 g/mol. The highest BCUT2D eigenvalue weighted by Crippen LogP contribution is 2.29. The first-order valence-electron chi connectivity index (χ1n) is 5.05. The van der Waals surface area contributed by atoms with E-state index in [9.17, 15) is 4.21 Å². The van der Waals surface area contributed by atoms with Crippen molar-refractivity contribution in [1.29, 1.82) is 0 Å². The summed E-state index contributed by atoms with van der Waals surface area (Å²) in [5, 5.41) is 3.52. The summed E-state index contributed by atoms with van der Waals surface area (Å²) in [6.45, 7) is 2.12. The minimum absolute atomic E-state index is 0.224. The molecule has 1 fully saturated rings. The molecule has 0 bridgehead atoms. The number of thiophene rings is 1. The van der Waals surface area contributed by atoms with E-state index in [1.54, 1.807) is 11.3 Å². The molecule has 2 nitrogen and oxygen atoms in total. The summed E-state index contributed by atoms with van der Waals surface area (Å²) in [6.07, 6.45) is 1.03. The molecule has 1 aromatic heterocycles. The van der Waals surface area contributed by atoms with Gasteiger partial charge in [-0.05, 0) is 18.6 Å². The van der Waals surface area contributed by atoms with Gasteiger partial charge < -0.3 is 5.32 Å². The van der Waals surface area contributed by atoms with Crippen LogP contribution in [0, 0.1) is 0 Å². The van der Waals surface area contributed by atoms with Gasteiger partial charge in [-0.1, -0.05) is 18.5 Å².